The van der Waals surface area contributed by atoms with Crippen molar-refractivity contribution in [1.29, 1.82) is 0 Å². The van der Waals surface area contributed by atoms with E-state index in [0.29, 0.717) is 28.2 Å². The van der Waals surface area contributed by atoms with E-state index in [9.17, 15) is 21.6 Å². The fraction of sp³-hybridized carbons (Fsp3) is 0.0769. The van der Waals surface area contributed by atoms with Gasteiger partial charge in [0.2, 0.25) is 6.20 Å². The number of fused-ring (bicyclic) bond motifs is 1. The largest absolute Gasteiger partial charge is 0.417 e. The molecular weight excluding hydrogens is 538 g/mol. The zero-order valence-electron chi connectivity index (χ0n) is 20.0. The van der Waals surface area contributed by atoms with Gasteiger partial charge in [-0.15, -0.1) is 4.28 Å². The topological polar surface area (TPSA) is 97.9 Å². The van der Waals surface area contributed by atoms with Crippen molar-refractivity contribution >= 4 is 32.7 Å². The summed E-state index contributed by atoms with van der Waals surface area (Å²) in [5, 5.41) is 3.18. The predicted octanol–water partition coefficient (Wildman–Crippen LogP) is 5.01. The molecule has 0 fully saturated rings. The smallest absolute Gasteiger partial charge is 0.322 e. The molecule has 0 saturated carbocycles. The number of aryl methyl sites for hydroxylation is 1. The van der Waals surface area contributed by atoms with Gasteiger partial charge in [-0.3, -0.25) is 0 Å². The summed E-state index contributed by atoms with van der Waals surface area (Å²) in [5.74, 6) is -1.25. The van der Waals surface area contributed by atoms with Gasteiger partial charge in [-0.2, -0.15) is 21.6 Å². The van der Waals surface area contributed by atoms with E-state index in [4.69, 9.17) is 4.28 Å². The maximum absolute atomic E-state index is 15.6. The summed E-state index contributed by atoms with van der Waals surface area (Å²) < 4.78 is 86.2. The Morgan fingerprint density at radius 2 is 1.69 bits per heavy atom. The maximum Gasteiger partial charge on any atom is 0.417 e. The summed E-state index contributed by atoms with van der Waals surface area (Å²) in [6, 6.07) is 16.1. The number of aromatic nitrogens is 4. The summed E-state index contributed by atoms with van der Waals surface area (Å²) in [7, 11) is -4.18. The molecule has 39 heavy (non-hydrogen) atoms. The van der Waals surface area contributed by atoms with Crippen molar-refractivity contribution in [3.8, 4) is 11.3 Å². The summed E-state index contributed by atoms with van der Waals surface area (Å²) >= 11 is 0. The first kappa shape index (κ1) is 26.0. The lowest BCUT2D eigenvalue weighted by Gasteiger charge is -2.12. The first-order valence-corrected chi connectivity index (χ1v) is 12.7. The van der Waals surface area contributed by atoms with Crippen LogP contribution < -0.4 is 14.3 Å². The number of alkyl halides is 3. The van der Waals surface area contributed by atoms with Crippen molar-refractivity contribution in [2.24, 2.45) is 0 Å². The molecule has 2 aromatic carbocycles. The van der Waals surface area contributed by atoms with Crippen molar-refractivity contribution in [3.63, 3.8) is 0 Å². The number of benzene rings is 2. The lowest BCUT2D eigenvalue weighted by Crippen LogP contribution is -2.46. The third kappa shape index (κ3) is 5.21. The summed E-state index contributed by atoms with van der Waals surface area (Å²) in [5.41, 5.74) is 0.0408. The van der Waals surface area contributed by atoms with E-state index >= 15 is 4.39 Å². The van der Waals surface area contributed by atoms with Gasteiger partial charge in [0, 0.05) is 28.1 Å². The molecule has 0 aliphatic carbocycles. The quantitative estimate of drug-likeness (QED) is 0.232. The van der Waals surface area contributed by atoms with Gasteiger partial charge in [-0.1, -0.05) is 24.3 Å². The third-order valence-electron chi connectivity index (χ3n) is 5.77. The fourth-order valence-corrected chi connectivity index (χ4v) is 4.82. The Bertz CT molecular complexity index is 1780. The monoisotopic (exact) mass is 556 g/mol. The van der Waals surface area contributed by atoms with Crippen LogP contribution in [0.3, 0.4) is 0 Å². The second-order valence-electron chi connectivity index (χ2n) is 8.29. The highest BCUT2D eigenvalue weighted by Gasteiger charge is 2.31. The van der Waals surface area contributed by atoms with Gasteiger partial charge in [-0.25, -0.2) is 19.3 Å². The number of anilines is 2. The average molecular weight is 557 g/mol. The Hall–Kier alpha value is -4.65. The van der Waals surface area contributed by atoms with E-state index in [2.05, 4.69) is 20.3 Å². The number of nitrogens with zero attached hydrogens (tertiary/aromatic N) is 4. The van der Waals surface area contributed by atoms with Gasteiger partial charge >= 0.3 is 16.3 Å². The van der Waals surface area contributed by atoms with Crippen LogP contribution in [0.2, 0.25) is 0 Å². The van der Waals surface area contributed by atoms with E-state index in [1.165, 1.54) is 18.3 Å². The minimum Gasteiger partial charge on any atom is -0.322 e. The predicted molar refractivity (Wildman–Crippen MR) is 133 cm³/mol. The molecule has 0 unspecified atom stereocenters. The van der Waals surface area contributed by atoms with Crippen LogP contribution in [0.15, 0.2) is 90.3 Å². The molecule has 1 N–H and O–H groups in total. The van der Waals surface area contributed by atoms with Crippen LogP contribution in [0.5, 0.6) is 0 Å². The van der Waals surface area contributed by atoms with Crippen molar-refractivity contribution < 1.29 is 35.0 Å². The first-order chi connectivity index (χ1) is 18.5. The van der Waals surface area contributed by atoms with Crippen molar-refractivity contribution in [2.45, 2.75) is 18.0 Å². The second kappa shape index (κ2) is 9.91. The summed E-state index contributed by atoms with van der Waals surface area (Å²) in [6.07, 6.45) is -1.44. The van der Waals surface area contributed by atoms with Gasteiger partial charge in [0.05, 0.1) is 10.9 Å². The second-order valence-corrected chi connectivity index (χ2v) is 9.82. The molecule has 0 aliphatic heterocycles. The maximum atomic E-state index is 15.6. The van der Waals surface area contributed by atoms with E-state index in [0.717, 1.165) is 23.2 Å². The molecule has 0 amide bonds. The number of nitrogens with one attached hydrogen (secondary N) is 1. The summed E-state index contributed by atoms with van der Waals surface area (Å²) in [4.78, 5) is 11.5. The minimum absolute atomic E-state index is 0.0438. The molecule has 0 radical (unpaired) electrons. The normalized spacial score (nSPS) is 11.9. The fourth-order valence-electron chi connectivity index (χ4n) is 3.90. The van der Waals surface area contributed by atoms with E-state index in [1.807, 2.05) is 0 Å². The third-order valence-corrected chi connectivity index (χ3v) is 6.98. The Kier molecular flexibility index (Phi) is 6.60. The van der Waals surface area contributed by atoms with Crippen LogP contribution in [-0.2, 0) is 16.3 Å². The summed E-state index contributed by atoms with van der Waals surface area (Å²) in [6.45, 7) is 1.65. The SMILES string of the molecule is Cc1c(-c2ncnc(Nc3ccc(C(F)(F)F)cn3)c2F)ccc2ccc[n+](OS(=O)(=O)c3ccccc3)c12. The van der Waals surface area contributed by atoms with Gasteiger partial charge in [-0.05, 0) is 43.3 Å². The molecular formula is C26H18F4N5O3S+. The number of rotatable bonds is 6. The highest BCUT2D eigenvalue weighted by molar-refractivity contribution is 7.86. The number of halogens is 4. The number of pyridine rings is 2. The molecule has 198 valence electrons. The zero-order valence-corrected chi connectivity index (χ0v) is 20.8. The molecule has 0 saturated heterocycles. The lowest BCUT2D eigenvalue weighted by molar-refractivity contribution is -0.835. The van der Waals surface area contributed by atoms with Gasteiger partial charge in [0.1, 0.15) is 22.7 Å². The molecule has 0 aliphatic rings. The zero-order chi connectivity index (χ0) is 27.8. The van der Waals surface area contributed by atoms with Crippen LogP contribution in [-0.4, -0.2) is 23.4 Å². The molecule has 3 aromatic heterocycles. The average Bonchev–Trinajstić information content (AvgIpc) is 2.91. The molecule has 5 aromatic rings. The highest BCUT2D eigenvalue weighted by atomic mass is 32.2. The molecule has 5 rings (SSSR count). The molecule has 0 spiro atoms. The molecule has 0 atom stereocenters. The Morgan fingerprint density at radius 1 is 0.923 bits per heavy atom. The van der Waals surface area contributed by atoms with Crippen LogP contribution >= 0.6 is 0 Å². The minimum atomic E-state index is -4.56. The van der Waals surface area contributed by atoms with E-state index in [1.54, 1.807) is 49.4 Å². The van der Waals surface area contributed by atoms with Crippen molar-refractivity contribution in [1.82, 2.24) is 15.0 Å². The molecule has 0 bridgehead atoms. The molecule has 3 heterocycles. The Labute approximate surface area is 219 Å². The Morgan fingerprint density at radius 3 is 2.38 bits per heavy atom. The molecule has 13 heteroatoms. The van der Waals surface area contributed by atoms with Crippen molar-refractivity contribution in [2.75, 3.05) is 5.32 Å². The Balaban J connectivity index is 1.53. The van der Waals surface area contributed by atoms with Gasteiger partial charge in [0.25, 0.3) is 5.52 Å². The molecule has 8 nitrogen and oxygen atoms in total. The van der Waals surface area contributed by atoms with Crippen LogP contribution in [0.4, 0.5) is 29.2 Å². The van der Waals surface area contributed by atoms with Crippen LogP contribution in [0.1, 0.15) is 11.1 Å². The van der Waals surface area contributed by atoms with Gasteiger partial charge in [0.15, 0.2) is 11.6 Å². The van der Waals surface area contributed by atoms with Crippen LogP contribution in [0.25, 0.3) is 22.2 Å². The van der Waals surface area contributed by atoms with Gasteiger partial charge < -0.3 is 5.32 Å². The van der Waals surface area contributed by atoms with E-state index < -0.39 is 27.7 Å². The lowest BCUT2D eigenvalue weighted by atomic mass is 10.0. The number of hydrogen-bond acceptors (Lipinski definition) is 7. The van der Waals surface area contributed by atoms with E-state index in [-0.39, 0.29) is 22.2 Å². The van der Waals surface area contributed by atoms with Crippen molar-refractivity contribution in [3.05, 3.63) is 102 Å². The highest BCUT2D eigenvalue weighted by Crippen LogP contribution is 2.32. The van der Waals surface area contributed by atoms with Crippen LogP contribution in [0, 0.1) is 12.7 Å². The standard InChI is InChI=1S/C26H18F4N5O3S/c1-16-20(23-22(27)25(33-15-32-23)34-21-12-10-18(14-31-21)26(28,29)30)11-9-17-6-5-13-35(24(16)17)38-39(36,37)19-7-3-2-4-8-19/h2-15H,1H3,(H,31,32,33,34)/q+1. The first-order valence-electron chi connectivity index (χ1n) is 11.3. The number of hydrogen-bond donors (Lipinski definition) is 1.